The van der Waals surface area contributed by atoms with Crippen molar-refractivity contribution in [2.24, 2.45) is 0 Å². The first-order chi connectivity index (χ1) is 12.5. The van der Waals surface area contributed by atoms with E-state index in [9.17, 15) is 4.79 Å². The van der Waals surface area contributed by atoms with Crippen LogP contribution in [0.2, 0.25) is 0 Å². The van der Waals surface area contributed by atoms with E-state index in [1.807, 2.05) is 38.1 Å². The van der Waals surface area contributed by atoms with Crippen LogP contribution < -0.4 is 10.1 Å². The van der Waals surface area contributed by atoms with Gasteiger partial charge >= 0.3 is 0 Å². The van der Waals surface area contributed by atoms with Crippen LogP contribution in [0.3, 0.4) is 0 Å². The standard InChI is InChI=1S/C21H34N2O3/c1-5-13-21(3,25-4)20(24)22-18-9-11-19(12-10-18)26-16-15-23-14-7-6-8-17(23)2/h9-12,17H,5-8,13-16H2,1-4H3,(H,22,24)/t17-,21-/m0/s1. The summed E-state index contributed by atoms with van der Waals surface area (Å²) in [6.07, 6.45) is 5.49. The first-order valence-electron chi connectivity index (χ1n) is 9.82. The predicted octanol–water partition coefficient (Wildman–Crippen LogP) is 4.08. The quantitative estimate of drug-likeness (QED) is 0.719. The third kappa shape index (κ3) is 5.71. The fraction of sp³-hybridized carbons (Fsp3) is 0.667. The summed E-state index contributed by atoms with van der Waals surface area (Å²) in [5.41, 5.74) is -0.0407. The molecule has 0 unspecified atom stereocenters. The third-order valence-corrected chi connectivity index (χ3v) is 5.36. The zero-order chi connectivity index (χ0) is 19.0. The minimum atomic E-state index is -0.797. The number of carbonyl (C=O) groups excluding carboxylic acids is 1. The number of piperidine rings is 1. The lowest BCUT2D eigenvalue weighted by Crippen LogP contribution is -2.41. The SMILES string of the molecule is CCC[C@](C)(OC)C(=O)Nc1ccc(OCCN2CCCC[C@@H]2C)cc1. The van der Waals surface area contributed by atoms with Gasteiger partial charge in [-0.1, -0.05) is 19.8 Å². The van der Waals surface area contributed by atoms with Crippen molar-refractivity contribution in [3.8, 4) is 5.75 Å². The average Bonchev–Trinajstić information content (AvgIpc) is 2.64. The van der Waals surface area contributed by atoms with Crippen LogP contribution in [0.5, 0.6) is 5.75 Å². The zero-order valence-corrected chi connectivity index (χ0v) is 16.7. The molecule has 0 saturated carbocycles. The molecule has 5 heteroatoms. The number of carbonyl (C=O) groups is 1. The molecule has 1 amide bonds. The third-order valence-electron chi connectivity index (χ3n) is 5.36. The summed E-state index contributed by atoms with van der Waals surface area (Å²) in [5.74, 6) is 0.713. The molecule has 1 N–H and O–H groups in total. The number of nitrogens with zero attached hydrogens (tertiary/aromatic N) is 1. The van der Waals surface area contributed by atoms with Crippen LogP contribution in [0, 0.1) is 0 Å². The van der Waals surface area contributed by atoms with Crippen molar-refractivity contribution >= 4 is 11.6 Å². The summed E-state index contributed by atoms with van der Waals surface area (Å²) in [5, 5.41) is 2.93. The Labute approximate surface area is 158 Å². The minimum absolute atomic E-state index is 0.116. The summed E-state index contributed by atoms with van der Waals surface area (Å²) in [4.78, 5) is 14.9. The lowest BCUT2D eigenvalue weighted by Gasteiger charge is -2.33. The van der Waals surface area contributed by atoms with Crippen molar-refractivity contribution in [1.29, 1.82) is 0 Å². The normalized spacial score (nSPS) is 20.4. The Morgan fingerprint density at radius 2 is 2.04 bits per heavy atom. The Bertz CT molecular complexity index is 561. The van der Waals surface area contributed by atoms with Crippen LogP contribution in [0.15, 0.2) is 24.3 Å². The number of likely N-dealkylation sites (tertiary alicyclic amines) is 1. The van der Waals surface area contributed by atoms with Crippen LogP contribution in [-0.4, -0.2) is 49.3 Å². The second-order valence-corrected chi connectivity index (χ2v) is 7.39. The molecular weight excluding hydrogens is 328 g/mol. The second kappa shape index (κ2) is 9.93. The van der Waals surface area contributed by atoms with Crippen molar-refractivity contribution in [1.82, 2.24) is 4.90 Å². The Morgan fingerprint density at radius 3 is 2.65 bits per heavy atom. The summed E-state index contributed by atoms with van der Waals surface area (Å²) >= 11 is 0. The second-order valence-electron chi connectivity index (χ2n) is 7.39. The summed E-state index contributed by atoms with van der Waals surface area (Å²) in [6.45, 7) is 8.98. The predicted molar refractivity (Wildman–Crippen MR) is 106 cm³/mol. The molecule has 1 aromatic rings. The van der Waals surface area contributed by atoms with Gasteiger partial charge in [0.15, 0.2) is 0 Å². The molecule has 1 fully saturated rings. The van der Waals surface area contributed by atoms with Crippen molar-refractivity contribution < 1.29 is 14.3 Å². The highest BCUT2D eigenvalue weighted by Gasteiger charge is 2.32. The van der Waals surface area contributed by atoms with Gasteiger partial charge in [-0.2, -0.15) is 0 Å². The van der Waals surface area contributed by atoms with Gasteiger partial charge in [-0.3, -0.25) is 9.69 Å². The van der Waals surface area contributed by atoms with E-state index >= 15 is 0 Å². The highest BCUT2D eigenvalue weighted by Crippen LogP contribution is 2.22. The maximum Gasteiger partial charge on any atom is 0.256 e. The largest absolute Gasteiger partial charge is 0.492 e. The number of nitrogens with one attached hydrogen (secondary N) is 1. The first-order valence-corrected chi connectivity index (χ1v) is 9.82. The molecule has 0 spiro atoms. The van der Waals surface area contributed by atoms with E-state index in [1.54, 1.807) is 7.11 Å². The maximum absolute atomic E-state index is 12.4. The fourth-order valence-electron chi connectivity index (χ4n) is 3.45. The van der Waals surface area contributed by atoms with Gasteiger partial charge in [0.25, 0.3) is 5.91 Å². The monoisotopic (exact) mass is 362 g/mol. The molecule has 0 aromatic heterocycles. The van der Waals surface area contributed by atoms with E-state index in [-0.39, 0.29) is 5.91 Å². The first kappa shape index (κ1) is 20.7. The number of ether oxygens (including phenoxy) is 2. The molecule has 26 heavy (non-hydrogen) atoms. The Hall–Kier alpha value is -1.59. The fourth-order valence-corrected chi connectivity index (χ4v) is 3.45. The molecule has 1 aromatic carbocycles. The van der Waals surface area contributed by atoms with Gasteiger partial charge in [0.1, 0.15) is 18.0 Å². The summed E-state index contributed by atoms with van der Waals surface area (Å²) in [7, 11) is 1.58. The van der Waals surface area contributed by atoms with E-state index in [2.05, 4.69) is 17.1 Å². The number of anilines is 1. The van der Waals surface area contributed by atoms with E-state index in [4.69, 9.17) is 9.47 Å². The molecular formula is C21H34N2O3. The smallest absolute Gasteiger partial charge is 0.256 e. The van der Waals surface area contributed by atoms with Gasteiger partial charge in [-0.25, -0.2) is 0 Å². The topological polar surface area (TPSA) is 50.8 Å². The van der Waals surface area contributed by atoms with Crippen LogP contribution in [0.25, 0.3) is 0 Å². The van der Waals surface area contributed by atoms with Gasteiger partial charge in [-0.05, 0) is 63.9 Å². The van der Waals surface area contributed by atoms with Gasteiger partial charge in [0.2, 0.25) is 0 Å². The highest BCUT2D eigenvalue weighted by molar-refractivity contribution is 5.97. The highest BCUT2D eigenvalue weighted by atomic mass is 16.5. The Balaban J connectivity index is 1.81. The molecule has 1 aliphatic heterocycles. The van der Waals surface area contributed by atoms with Crippen LogP contribution in [0.4, 0.5) is 5.69 Å². The van der Waals surface area contributed by atoms with Crippen LogP contribution in [0.1, 0.15) is 52.9 Å². The number of hydrogen-bond acceptors (Lipinski definition) is 4. The molecule has 2 atom stereocenters. The van der Waals surface area contributed by atoms with Gasteiger partial charge < -0.3 is 14.8 Å². The summed E-state index contributed by atoms with van der Waals surface area (Å²) < 4.78 is 11.3. The van der Waals surface area contributed by atoms with Gasteiger partial charge in [-0.15, -0.1) is 0 Å². The zero-order valence-electron chi connectivity index (χ0n) is 16.7. The lowest BCUT2D eigenvalue weighted by atomic mass is 9.99. The van der Waals surface area contributed by atoms with Gasteiger partial charge in [0.05, 0.1) is 0 Å². The van der Waals surface area contributed by atoms with Crippen molar-refractivity contribution in [3.63, 3.8) is 0 Å². The molecule has 5 nitrogen and oxygen atoms in total. The van der Waals surface area contributed by atoms with E-state index < -0.39 is 5.60 Å². The van der Waals surface area contributed by atoms with Crippen molar-refractivity contribution in [2.45, 2.75) is 64.5 Å². The molecule has 1 saturated heterocycles. The molecule has 0 bridgehead atoms. The number of rotatable bonds is 9. The van der Waals surface area contributed by atoms with Crippen molar-refractivity contribution in [2.75, 3.05) is 32.1 Å². The number of benzene rings is 1. The van der Waals surface area contributed by atoms with Crippen molar-refractivity contribution in [3.05, 3.63) is 24.3 Å². The molecule has 2 rings (SSSR count). The average molecular weight is 363 g/mol. The van der Waals surface area contributed by atoms with E-state index in [0.717, 1.165) is 24.4 Å². The van der Waals surface area contributed by atoms with E-state index in [1.165, 1.54) is 25.8 Å². The summed E-state index contributed by atoms with van der Waals surface area (Å²) in [6, 6.07) is 8.21. The minimum Gasteiger partial charge on any atom is -0.492 e. The van der Waals surface area contributed by atoms with Gasteiger partial charge in [0, 0.05) is 25.4 Å². The lowest BCUT2D eigenvalue weighted by molar-refractivity contribution is -0.136. The molecule has 1 aliphatic rings. The Kier molecular flexibility index (Phi) is 7.91. The molecule has 0 aliphatic carbocycles. The number of amides is 1. The molecule has 0 radical (unpaired) electrons. The van der Waals surface area contributed by atoms with Crippen LogP contribution in [-0.2, 0) is 9.53 Å². The van der Waals surface area contributed by atoms with E-state index in [0.29, 0.717) is 19.1 Å². The molecule has 1 heterocycles. The van der Waals surface area contributed by atoms with Crippen LogP contribution >= 0.6 is 0 Å². The maximum atomic E-state index is 12.4. The number of hydrogen-bond donors (Lipinski definition) is 1. The Morgan fingerprint density at radius 1 is 1.31 bits per heavy atom. The molecule has 146 valence electrons. The number of methoxy groups -OCH3 is 1.